The van der Waals surface area contributed by atoms with Crippen molar-refractivity contribution < 1.29 is 24.2 Å². The summed E-state index contributed by atoms with van der Waals surface area (Å²) in [6.07, 6.45) is 1.26. The number of nitrogens with zero attached hydrogens (tertiary/aromatic N) is 1. The Morgan fingerprint density at radius 3 is 2.70 bits per heavy atom. The molecule has 0 saturated heterocycles. The van der Waals surface area contributed by atoms with E-state index >= 15 is 0 Å². The lowest BCUT2D eigenvalue weighted by molar-refractivity contribution is -0.146. The molecular weight excluding hydrogens is 262 g/mol. The van der Waals surface area contributed by atoms with Gasteiger partial charge in [0.25, 0.3) is 0 Å². The highest BCUT2D eigenvalue weighted by atomic mass is 16.6. The van der Waals surface area contributed by atoms with Crippen LogP contribution in [-0.4, -0.2) is 42.1 Å². The summed E-state index contributed by atoms with van der Waals surface area (Å²) in [5, 5.41) is 9.39. The molecule has 1 atom stereocenters. The Morgan fingerprint density at radius 2 is 2.10 bits per heavy atom. The van der Waals surface area contributed by atoms with Gasteiger partial charge in [0.2, 0.25) is 6.41 Å². The summed E-state index contributed by atoms with van der Waals surface area (Å²) in [5.74, 6) is 0.0434. The third-order valence-corrected chi connectivity index (χ3v) is 3.06. The number of hydrogen-bond acceptors (Lipinski definition) is 4. The molecule has 6 heteroatoms. The highest BCUT2D eigenvalue weighted by Gasteiger charge is 2.27. The maximum absolute atomic E-state index is 11.5. The lowest BCUT2D eigenvalue weighted by atomic mass is 10.0. The van der Waals surface area contributed by atoms with Crippen LogP contribution < -0.4 is 9.47 Å². The molecule has 0 radical (unpaired) electrons. The van der Waals surface area contributed by atoms with E-state index in [2.05, 4.69) is 0 Å². The second kappa shape index (κ2) is 6.27. The van der Waals surface area contributed by atoms with Crippen LogP contribution in [0, 0.1) is 0 Å². The van der Waals surface area contributed by atoms with Crippen LogP contribution in [-0.2, 0) is 9.59 Å². The van der Waals surface area contributed by atoms with E-state index in [1.165, 1.54) is 4.90 Å². The molecule has 1 unspecified atom stereocenters. The largest absolute Gasteiger partial charge is 0.486 e. The van der Waals surface area contributed by atoms with E-state index in [1.807, 2.05) is 6.92 Å². The highest BCUT2D eigenvalue weighted by molar-refractivity contribution is 5.78. The van der Waals surface area contributed by atoms with Crippen LogP contribution in [0.2, 0.25) is 0 Å². The number of carbonyl (C=O) groups excluding carboxylic acids is 1. The van der Waals surface area contributed by atoms with Gasteiger partial charge in [-0.3, -0.25) is 4.79 Å². The molecule has 1 aromatic rings. The van der Waals surface area contributed by atoms with Crippen molar-refractivity contribution in [1.29, 1.82) is 0 Å². The summed E-state index contributed by atoms with van der Waals surface area (Å²) in [7, 11) is 0. The Kier molecular flexibility index (Phi) is 4.45. The number of carbonyl (C=O) groups is 2. The molecule has 0 saturated carbocycles. The summed E-state index contributed by atoms with van der Waals surface area (Å²) in [6.45, 7) is 3.18. The Bertz CT molecular complexity index is 502. The first-order valence-electron chi connectivity index (χ1n) is 6.50. The monoisotopic (exact) mass is 279 g/mol. The standard InChI is InChI=1S/C14H17NO5/c1-2-5-15(9-16)13(14(17)18)10-3-4-11-12(8-10)20-7-6-19-11/h3-4,8-9,13H,2,5-7H2,1H3,(H,17,18). The normalized spacial score (nSPS) is 14.4. The number of benzene rings is 1. The number of ether oxygens (including phenoxy) is 2. The van der Waals surface area contributed by atoms with Crippen molar-refractivity contribution >= 4 is 12.4 Å². The molecule has 6 nitrogen and oxygen atoms in total. The van der Waals surface area contributed by atoms with Gasteiger partial charge in [0.1, 0.15) is 13.2 Å². The summed E-state index contributed by atoms with van der Waals surface area (Å²) in [6, 6.07) is 3.94. The van der Waals surface area contributed by atoms with Crippen LogP contribution in [0.3, 0.4) is 0 Å². The number of aliphatic carboxylic acids is 1. The second-order valence-corrected chi connectivity index (χ2v) is 4.49. The predicted octanol–water partition coefficient (Wildman–Crippen LogP) is 1.45. The summed E-state index contributed by atoms with van der Waals surface area (Å²) in [5.41, 5.74) is 0.502. The molecule has 0 spiro atoms. The highest BCUT2D eigenvalue weighted by Crippen LogP contribution is 2.34. The fourth-order valence-electron chi connectivity index (χ4n) is 2.21. The minimum Gasteiger partial charge on any atom is -0.486 e. The van der Waals surface area contributed by atoms with Crippen molar-refractivity contribution in [2.75, 3.05) is 19.8 Å². The smallest absolute Gasteiger partial charge is 0.331 e. The van der Waals surface area contributed by atoms with Gasteiger partial charge >= 0.3 is 5.97 Å². The first-order chi connectivity index (χ1) is 9.67. The van der Waals surface area contributed by atoms with Gasteiger partial charge in [-0.2, -0.15) is 0 Å². The van der Waals surface area contributed by atoms with Gasteiger partial charge in [-0.25, -0.2) is 4.79 Å². The summed E-state index contributed by atoms with van der Waals surface area (Å²) >= 11 is 0. The lowest BCUT2D eigenvalue weighted by Crippen LogP contribution is -2.33. The van der Waals surface area contributed by atoms with Crippen LogP contribution >= 0.6 is 0 Å². The molecule has 0 bridgehead atoms. The molecule has 1 N–H and O–H groups in total. The van der Waals surface area contributed by atoms with Gasteiger partial charge in [0.05, 0.1) is 0 Å². The number of carboxylic acids is 1. The second-order valence-electron chi connectivity index (χ2n) is 4.49. The number of amides is 1. The van der Waals surface area contributed by atoms with Crippen LogP contribution in [0.15, 0.2) is 18.2 Å². The van der Waals surface area contributed by atoms with Crippen molar-refractivity contribution in [1.82, 2.24) is 4.90 Å². The van der Waals surface area contributed by atoms with E-state index in [0.29, 0.717) is 49.7 Å². The predicted molar refractivity (Wildman–Crippen MR) is 70.9 cm³/mol. The maximum Gasteiger partial charge on any atom is 0.331 e. The zero-order valence-electron chi connectivity index (χ0n) is 11.2. The molecular formula is C14H17NO5. The molecule has 20 heavy (non-hydrogen) atoms. The molecule has 1 aromatic carbocycles. The molecule has 1 heterocycles. The minimum absolute atomic E-state index is 0.384. The fraction of sp³-hybridized carbons (Fsp3) is 0.429. The fourth-order valence-corrected chi connectivity index (χ4v) is 2.21. The zero-order valence-corrected chi connectivity index (χ0v) is 11.2. The summed E-state index contributed by atoms with van der Waals surface area (Å²) in [4.78, 5) is 23.9. The average Bonchev–Trinajstić information content (AvgIpc) is 2.46. The van der Waals surface area contributed by atoms with Crippen molar-refractivity contribution in [3.8, 4) is 11.5 Å². The van der Waals surface area contributed by atoms with Crippen molar-refractivity contribution in [2.24, 2.45) is 0 Å². The van der Waals surface area contributed by atoms with Crippen molar-refractivity contribution in [3.63, 3.8) is 0 Å². The number of carboxylic acid groups (broad SMARTS) is 1. The SMILES string of the molecule is CCCN(C=O)C(C(=O)O)c1ccc2c(c1)OCCO2. The minimum atomic E-state index is -1.07. The molecule has 1 aliphatic rings. The van der Waals surface area contributed by atoms with Gasteiger partial charge in [-0.15, -0.1) is 0 Å². The summed E-state index contributed by atoms with van der Waals surface area (Å²) < 4.78 is 10.8. The Balaban J connectivity index is 2.33. The van der Waals surface area contributed by atoms with E-state index in [4.69, 9.17) is 9.47 Å². The maximum atomic E-state index is 11.5. The van der Waals surface area contributed by atoms with E-state index in [0.717, 1.165) is 0 Å². The van der Waals surface area contributed by atoms with Gasteiger partial charge in [0, 0.05) is 6.54 Å². The van der Waals surface area contributed by atoms with Gasteiger partial charge in [-0.05, 0) is 24.1 Å². The van der Waals surface area contributed by atoms with Gasteiger partial charge < -0.3 is 19.5 Å². The van der Waals surface area contributed by atoms with Crippen molar-refractivity contribution in [2.45, 2.75) is 19.4 Å². The lowest BCUT2D eigenvalue weighted by Gasteiger charge is -2.26. The molecule has 1 amide bonds. The topological polar surface area (TPSA) is 76.1 Å². The zero-order chi connectivity index (χ0) is 14.5. The Hall–Kier alpha value is -2.24. The quantitative estimate of drug-likeness (QED) is 0.798. The number of rotatable bonds is 6. The average molecular weight is 279 g/mol. The molecule has 1 aliphatic heterocycles. The van der Waals surface area contributed by atoms with Crippen molar-refractivity contribution in [3.05, 3.63) is 23.8 Å². The third-order valence-electron chi connectivity index (χ3n) is 3.06. The molecule has 108 valence electrons. The third kappa shape index (κ3) is 2.84. The van der Waals surface area contributed by atoms with E-state index in [9.17, 15) is 14.7 Å². The van der Waals surface area contributed by atoms with E-state index in [1.54, 1.807) is 18.2 Å². The van der Waals surface area contributed by atoms with Crippen LogP contribution in [0.25, 0.3) is 0 Å². The van der Waals surface area contributed by atoms with E-state index < -0.39 is 12.0 Å². The first kappa shape index (κ1) is 14.2. The molecule has 0 aliphatic carbocycles. The van der Waals surface area contributed by atoms with Gasteiger partial charge in [-0.1, -0.05) is 13.0 Å². The van der Waals surface area contributed by atoms with E-state index in [-0.39, 0.29) is 0 Å². The molecule has 0 aromatic heterocycles. The Morgan fingerprint density at radius 1 is 1.40 bits per heavy atom. The first-order valence-corrected chi connectivity index (χ1v) is 6.50. The number of fused-ring (bicyclic) bond motifs is 1. The Labute approximate surface area is 116 Å². The van der Waals surface area contributed by atoms with Crippen LogP contribution in [0.1, 0.15) is 24.9 Å². The van der Waals surface area contributed by atoms with Gasteiger partial charge in [0.15, 0.2) is 17.5 Å². The van der Waals surface area contributed by atoms with Crippen LogP contribution in [0.5, 0.6) is 11.5 Å². The van der Waals surface area contributed by atoms with Crippen LogP contribution in [0.4, 0.5) is 0 Å². The molecule has 2 rings (SSSR count). The molecule has 0 fully saturated rings. The number of hydrogen-bond donors (Lipinski definition) is 1.